The Kier molecular flexibility index (Phi) is 5.99. The number of aromatic amines is 1. The first kappa shape index (κ1) is 19.4. The summed E-state index contributed by atoms with van der Waals surface area (Å²) in [5, 5.41) is 17.0. The third-order valence-corrected chi connectivity index (χ3v) is 7.47. The van der Waals surface area contributed by atoms with Crippen molar-refractivity contribution in [1.29, 1.82) is 0 Å². The minimum absolute atomic E-state index is 0.0341. The number of rotatable bonds is 7. The third kappa shape index (κ3) is 4.56. The topological polar surface area (TPSA) is 102 Å². The number of anilines is 1. The van der Waals surface area contributed by atoms with Crippen LogP contribution in [0.2, 0.25) is 0 Å². The number of carbonyl (C=O) groups is 2. The first-order chi connectivity index (χ1) is 13.6. The van der Waals surface area contributed by atoms with Gasteiger partial charge in [0.05, 0.1) is 12.1 Å². The molecule has 1 aromatic rings. The molecular weight excluding hydrogens is 376 g/mol. The van der Waals surface area contributed by atoms with Gasteiger partial charge >= 0.3 is 6.03 Å². The van der Waals surface area contributed by atoms with Gasteiger partial charge in [-0.25, -0.2) is 4.79 Å². The van der Waals surface area contributed by atoms with Gasteiger partial charge < -0.3 is 20.9 Å². The number of aromatic nitrogens is 2. The Morgan fingerprint density at radius 3 is 2.89 bits per heavy atom. The fraction of sp³-hybridized carbons (Fsp3) is 0.737. The number of hydrogen-bond acceptors (Lipinski definition) is 5. The number of unbranched alkanes of at least 4 members (excludes halogenated alkanes) is 1. The molecule has 4 heterocycles. The van der Waals surface area contributed by atoms with E-state index in [1.165, 1.54) is 0 Å². The molecule has 3 fully saturated rings. The minimum atomic E-state index is -0.0341. The zero-order chi connectivity index (χ0) is 19.5. The van der Waals surface area contributed by atoms with Crippen molar-refractivity contribution in [3.05, 3.63) is 11.8 Å². The molecule has 3 aliphatic rings. The largest absolute Gasteiger partial charge is 0.355 e. The van der Waals surface area contributed by atoms with Crippen molar-refractivity contribution < 1.29 is 9.59 Å². The maximum absolute atomic E-state index is 12.3. The molecule has 0 radical (unpaired) electrons. The maximum Gasteiger partial charge on any atom is 0.315 e. The van der Waals surface area contributed by atoms with Crippen LogP contribution in [0.5, 0.6) is 0 Å². The van der Waals surface area contributed by atoms with Crippen LogP contribution in [-0.4, -0.2) is 64.4 Å². The van der Waals surface area contributed by atoms with Gasteiger partial charge in [0.2, 0.25) is 5.91 Å². The summed E-state index contributed by atoms with van der Waals surface area (Å²) >= 11 is 1.93. The molecule has 28 heavy (non-hydrogen) atoms. The van der Waals surface area contributed by atoms with Gasteiger partial charge in [-0.15, -0.1) is 0 Å². The van der Waals surface area contributed by atoms with Crippen LogP contribution in [0.15, 0.2) is 6.07 Å². The lowest BCUT2D eigenvalue weighted by Crippen LogP contribution is -2.44. The molecule has 3 aliphatic heterocycles. The second-order valence-corrected chi connectivity index (χ2v) is 9.38. The standard InChI is InChI=1S/C19H30N6O2S/c1-12-10-16(24-23-12)25-8-6-13(7-9-25)20-17(26)5-3-2-4-15-18-14(11-28-15)21-19(27)22-18/h10,13-15,18H,2-9,11H2,1H3,(H,20,26)(H,23,24)(H2,21,22,27)/t14-,15-,18-/m0/s1. The van der Waals surface area contributed by atoms with Crippen LogP contribution in [0.3, 0.4) is 0 Å². The molecule has 3 amide bonds. The Morgan fingerprint density at radius 1 is 1.32 bits per heavy atom. The van der Waals surface area contributed by atoms with Crippen LogP contribution < -0.4 is 20.9 Å². The zero-order valence-corrected chi connectivity index (χ0v) is 17.2. The lowest BCUT2D eigenvalue weighted by atomic mass is 10.0. The van der Waals surface area contributed by atoms with Crippen LogP contribution in [0, 0.1) is 6.92 Å². The first-order valence-electron chi connectivity index (χ1n) is 10.3. The quantitative estimate of drug-likeness (QED) is 0.406. The number of thioether (sulfide) groups is 1. The van der Waals surface area contributed by atoms with Gasteiger partial charge in [0.1, 0.15) is 0 Å². The Morgan fingerprint density at radius 2 is 2.14 bits per heavy atom. The molecule has 1 aromatic heterocycles. The lowest BCUT2D eigenvalue weighted by molar-refractivity contribution is -0.122. The van der Waals surface area contributed by atoms with E-state index >= 15 is 0 Å². The van der Waals surface area contributed by atoms with Gasteiger partial charge in [0.15, 0.2) is 5.82 Å². The second-order valence-electron chi connectivity index (χ2n) is 8.11. The molecule has 8 nitrogen and oxygen atoms in total. The summed E-state index contributed by atoms with van der Waals surface area (Å²) in [7, 11) is 0. The van der Waals surface area contributed by atoms with E-state index in [1.807, 2.05) is 18.7 Å². The van der Waals surface area contributed by atoms with Crippen LogP contribution in [0.4, 0.5) is 10.6 Å². The smallest absolute Gasteiger partial charge is 0.315 e. The predicted octanol–water partition coefficient (Wildman–Crippen LogP) is 1.53. The van der Waals surface area contributed by atoms with E-state index in [9.17, 15) is 9.59 Å². The molecule has 4 rings (SSSR count). The molecule has 3 atom stereocenters. The summed E-state index contributed by atoms with van der Waals surface area (Å²) in [5.41, 5.74) is 1.07. The molecule has 0 bridgehead atoms. The third-order valence-electron chi connectivity index (χ3n) is 5.96. The number of piperidine rings is 1. The zero-order valence-electron chi connectivity index (χ0n) is 16.4. The normalized spacial score (nSPS) is 27.4. The van der Waals surface area contributed by atoms with E-state index in [1.54, 1.807) is 0 Å². The summed E-state index contributed by atoms with van der Waals surface area (Å²) in [6, 6.07) is 2.84. The molecule has 0 aliphatic carbocycles. The SMILES string of the molecule is Cc1cc(N2CCC(NC(=O)CCCC[C@@H]3SC[C@@H]4NC(=O)N[C@@H]43)CC2)n[nH]1. The van der Waals surface area contributed by atoms with E-state index in [4.69, 9.17) is 0 Å². The summed E-state index contributed by atoms with van der Waals surface area (Å²) < 4.78 is 0. The van der Waals surface area contributed by atoms with Crippen LogP contribution in [-0.2, 0) is 4.79 Å². The molecule has 0 spiro atoms. The average Bonchev–Trinajstić information content (AvgIpc) is 3.36. The molecule has 0 aromatic carbocycles. The number of fused-ring (bicyclic) bond motifs is 1. The first-order valence-corrected chi connectivity index (χ1v) is 11.4. The van der Waals surface area contributed by atoms with Crippen LogP contribution in [0.25, 0.3) is 0 Å². The predicted molar refractivity (Wildman–Crippen MR) is 111 cm³/mol. The molecule has 9 heteroatoms. The molecular formula is C19H30N6O2S. The van der Waals surface area contributed by atoms with Crippen molar-refractivity contribution in [2.75, 3.05) is 23.7 Å². The van der Waals surface area contributed by atoms with Crippen LogP contribution >= 0.6 is 11.8 Å². The number of carbonyl (C=O) groups excluding carboxylic acids is 2. The van der Waals surface area contributed by atoms with Crippen molar-refractivity contribution in [2.45, 2.75) is 68.8 Å². The van der Waals surface area contributed by atoms with Gasteiger partial charge in [-0.2, -0.15) is 16.9 Å². The highest BCUT2D eigenvalue weighted by Crippen LogP contribution is 2.33. The summed E-state index contributed by atoms with van der Waals surface area (Å²) in [6.45, 7) is 3.86. The van der Waals surface area contributed by atoms with Gasteiger partial charge in [-0.1, -0.05) is 6.42 Å². The Balaban J connectivity index is 1.10. The highest BCUT2D eigenvalue weighted by atomic mass is 32.2. The highest BCUT2D eigenvalue weighted by Gasteiger charge is 2.42. The van der Waals surface area contributed by atoms with Gasteiger partial charge in [0.25, 0.3) is 0 Å². The van der Waals surface area contributed by atoms with E-state index in [-0.39, 0.29) is 30.1 Å². The number of hydrogen-bond donors (Lipinski definition) is 4. The second kappa shape index (κ2) is 8.63. The lowest BCUT2D eigenvalue weighted by Gasteiger charge is -2.32. The fourth-order valence-electron chi connectivity index (χ4n) is 4.39. The monoisotopic (exact) mass is 406 g/mol. The van der Waals surface area contributed by atoms with E-state index < -0.39 is 0 Å². The maximum atomic E-state index is 12.3. The van der Waals surface area contributed by atoms with Crippen molar-refractivity contribution >= 4 is 29.5 Å². The number of H-pyrrole nitrogens is 1. The molecule has 3 saturated heterocycles. The molecule has 0 saturated carbocycles. The Bertz CT molecular complexity index is 702. The molecule has 154 valence electrons. The van der Waals surface area contributed by atoms with E-state index in [2.05, 4.69) is 37.1 Å². The number of nitrogens with zero attached hydrogens (tertiary/aromatic N) is 2. The minimum Gasteiger partial charge on any atom is -0.355 e. The van der Waals surface area contributed by atoms with Crippen LogP contribution in [0.1, 0.15) is 44.2 Å². The summed E-state index contributed by atoms with van der Waals surface area (Å²) in [6.07, 6.45) is 5.52. The van der Waals surface area contributed by atoms with Gasteiger partial charge in [-0.3, -0.25) is 9.89 Å². The number of aryl methyl sites for hydroxylation is 1. The van der Waals surface area contributed by atoms with E-state index in [0.717, 1.165) is 62.5 Å². The Hall–Kier alpha value is -1.90. The van der Waals surface area contributed by atoms with Crippen molar-refractivity contribution in [2.24, 2.45) is 0 Å². The summed E-state index contributed by atoms with van der Waals surface area (Å²) in [5.74, 6) is 2.16. The number of urea groups is 1. The molecule has 4 N–H and O–H groups in total. The van der Waals surface area contributed by atoms with Crippen molar-refractivity contribution in [1.82, 2.24) is 26.1 Å². The van der Waals surface area contributed by atoms with Gasteiger partial charge in [-0.05, 0) is 32.6 Å². The highest BCUT2D eigenvalue weighted by molar-refractivity contribution is 8.00. The van der Waals surface area contributed by atoms with Crippen molar-refractivity contribution in [3.63, 3.8) is 0 Å². The molecule has 0 unspecified atom stereocenters. The number of amides is 3. The van der Waals surface area contributed by atoms with E-state index in [0.29, 0.717) is 11.7 Å². The van der Waals surface area contributed by atoms with Gasteiger partial charge in [0, 0.05) is 48.3 Å². The summed E-state index contributed by atoms with van der Waals surface area (Å²) in [4.78, 5) is 26.0. The van der Waals surface area contributed by atoms with Crippen molar-refractivity contribution in [3.8, 4) is 0 Å². The number of nitrogens with one attached hydrogen (secondary N) is 4. The Labute approximate surface area is 170 Å². The fourth-order valence-corrected chi connectivity index (χ4v) is 5.94. The average molecular weight is 407 g/mol.